The molecule has 4 aromatic rings. The van der Waals surface area contributed by atoms with Crippen LogP contribution >= 0.6 is 23.2 Å². The fourth-order valence-corrected chi connectivity index (χ4v) is 5.65. The summed E-state index contributed by atoms with van der Waals surface area (Å²) >= 11 is 12.7. The molecule has 0 aliphatic heterocycles. The highest BCUT2D eigenvalue weighted by molar-refractivity contribution is 6.41. The molecule has 3 aromatic carbocycles. The van der Waals surface area contributed by atoms with Crippen molar-refractivity contribution in [2.75, 3.05) is 6.61 Å². The highest BCUT2D eigenvalue weighted by Gasteiger charge is 2.46. The number of carbonyl (C=O) groups is 1. The SMILES string of the molecule is Cc1cc(C(=O)O)cc(C2CC(O)(c3cnc(OC/C(C(=N)c4c(Cl)cccc4Cl)=C(/O)c4ccccc4)cn3)C2)c1. The molecule has 0 radical (unpaired) electrons. The Hall–Kier alpha value is -4.24. The van der Waals surface area contributed by atoms with Crippen molar-refractivity contribution in [3.8, 4) is 5.88 Å². The first-order valence-corrected chi connectivity index (χ1v) is 13.8. The summed E-state index contributed by atoms with van der Waals surface area (Å²) in [5, 5.41) is 41.0. The van der Waals surface area contributed by atoms with Crippen molar-refractivity contribution in [1.82, 2.24) is 9.97 Å². The van der Waals surface area contributed by atoms with Gasteiger partial charge in [0.1, 0.15) is 18.0 Å². The molecule has 4 N–H and O–H groups in total. The van der Waals surface area contributed by atoms with Gasteiger partial charge in [-0.05, 0) is 61.1 Å². The second-order valence-electron chi connectivity index (χ2n) is 10.3. The molecule has 1 aliphatic rings. The van der Waals surface area contributed by atoms with Gasteiger partial charge in [-0.1, -0.05) is 65.7 Å². The van der Waals surface area contributed by atoms with E-state index in [0.29, 0.717) is 24.1 Å². The fraction of sp³-hybridized carbons (Fsp3) is 0.188. The third kappa shape index (κ3) is 6.01. The van der Waals surface area contributed by atoms with Gasteiger partial charge in [0.15, 0.2) is 0 Å². The molecule has 8 nitrogen and oxygen atoms in total. The molecule has 1 fully saturated rings. The van der Waals surface area contributed by atoms with Crippen molar-refractivity contribution in [2.45, 2.75) is 31.3 Å². The van der Waals surface area contributed by atoms with Gasteiger partial charge in [0.05, 0.1) is 45.0 Å². The number of hydrogen-bond acceptors (Lipinski definition) is 7. The number of nitrogens with one attached hydrogen (secondary N) is 1. The first-order chi connectivity index (χ1) is 20.1. The second kappa shape index (κ2) is 11.9. The molecule has 1 aromatic heterocycles. The van der Waals surface area contributed by atoms with Gasteiger partial charge in [0.25, 0.3) is 0 Å². The molecule has 0 atom stereocenters. The van der Waals surface area contributed by atoms with Gasteiger partial charge in [-0.25, -0.2) is 9.78 Å². The third-order valence-electron chi connectivity index (χ3n) is 7.30. The lowest BCUT2D eigenvalue weighted by atomic mass is 9.66. The number of carboxylic acids is 1. The largest absolute Gasteiger partial charge is 0.507 e. The van der Waals surface area contributed by atoms with Gasteiger partial charge in [-0.3, -0.25) is 10.4 Å². The van der Waals surface area contributed by atoms with Crippen molar-refractivity contribution in [3.05, 3.63) is 128 Å². The number of nitrogens with zero attached hydrogens (tertiary/aromatic N) is 2. The Labute approximate surface area is 252 Å². The highest BCUT2D eigenvalue weighted by atomic mass is 35.5. The average Bonchev–Trinajstić information content (AvgIpc) is 2.96. The summed E-state index contributed by atoms with van der Waals surface area (Å²) in [6, 6.07) is 18.8. The normalized spacial score (nSPS) is 18.5. The van der Waals surface area contributed by atoms with E-state index in [-0.39, 0.29) is 56.6 Å². The van der Waals surface area contributed by atoms with Crippen molar-refractivity contribution < 1.29 is 24.9 Å². The number of aliphatic hydroxyl groups excluding tert-OH is 1. The second-order valence-corrected chi connectivity index (χ2v) is 11.1. The van der Waals surface area contributed by atoms with Crippen LogP contribution in [0.2, 0.25) is 10.0 Å². The average molecular weight is 604 g/mol. The van der Waals surface area contributed by atoms with E-state index in [9.17, 15) is 20.1 Å². The number of hydrogen-bond donors (Lipinski definition) is 4. The Balaban J connectivity index is 1.33. The van der Waals surface area contributed by atoms with Crippen LogP contribution < -0.4 is 4.74 Å². The number of aryl methyl sites for hydroxylation is 1. The van der Waals surface area contributed by atoms with E-state index in [4.69, 9.17) is 33.3 Å². The Morgan fingerprint density at radius 1 is 0.976 bits per heavy atom. The van der Waals surface area contributed by atoms with Gasteiger partial charge in [-0.15, -0.1) is 0 Å². The fourth-order valence-electron chi connectivity index (χ4n) is 5.07. The molecular formula is C32H27Cl2N3O5. The molecule has 0 spiro atoms. The van der Waals surface area contributed by atoms with Crippen molar-refractivity contribution in [1.29, 1.82) is 5.41 Å². The maximum atomic E-state index is 11.4. The van der Waals surface area contributed by atoms with Gasteiger partial charge in [0.2, 0.25) is 5.88 Å². The molecular weight excluding hydrogens is 577 g/mol. The summed E-state index contributed by atoms with van der Waals surface area (Å²) in [4.78, 5) is 20.1. The lowest BCUT2D eigenvalue weighted by Crippen LogP contribution is -2.40. The minimum absolute atomic E-state index is 0.0120. The predicted octanol–water partition coefficient (Wildman–Crippen LogP) is 6.97. The van der Waals surface area contributed by atoms with Gasteiger partial charge in [-0.2, -0.15) is 0 Å². The summed E-state index contributed by atoms with van der Waals surface area (Å²) in [6.45, 7) is 1.61. The number of carboxylic acid groups (broad SMARTS) is 1. The number of aromatic carboxylic acids is 1. The number of aromatic nitrogens is 2. The molecule has 0 amide bonds. The Bertz CT molecular complexity index is 1660. The van der Waals surface area contributed by atoms with E-state index in [1.165, 1.54) is 12.4 Å². The van der Waals surface area contributed by atoms with Crippen molar-refractivity contribution in [3.63, 3.8) is 0 Å². The quantitative estimate of drug-likeness (QED) is 0.120. The van der Waals surface area contributed by atoms with Crippen LogP contribution in [-0.2, 0) is 5.60 Å². The number of benzene rings is 3. The van der Waals surface area contributed by atoms with Crippen LogP contribution in [0.3, 0.4) is 0 Å². The smallest absolute Gasteiger partial charge is 0.335 e. The van der Waals surface area contributed by atoms with Crippen LogP contribution in [0.5, 0.6) is 5.88 Å². The van der Waals surface area contributed by atoms with Crippen LogP contribution in [-0.4, -0.2) is 43.6 Å². The number of ether oxygens (including phenoxy) is 1. The molecule has 0 saturated heterocycles. The maximum absolute atomic E-state index is 11.4. The molecule has 10 heteroatoms. The van der Waals surface area contributed by atoms with E-state index >= 15 is 0 Å². The zero-order chi connectivity index (χ0) is 30.0. The summed E-state index contributed by atoms with van der Waals surface area (Å²) in [6.07, 6.45) is 3.55. The molecule has 0 bridgehead atoms. The molecule has 1 aliphatic carbocycles. The zero-order valence-electron chi connectivity index (χ0n) is 22.5. The maximum Gasteiger partial charge on any atom is 0.335 e. The topological polar surface area (TPSA) is 137 Å². The monoisotopic (exact) mass is 603 g/mol. The van der Waals surface area contributed by atoms with E-state index in [1.54, 1.807) is 54.6 Å². The van der Waals surface area contributed by atoms with Crippen LogP contribution in [0.1, 0.15) is 57.1 Å². The zero-order valence-corrected chi connectivity index (χ0v) is 24.0. The van der Waals surface area contributed by atoms with Crippen molar-refractivity contribution >= 4 is 40.6 Å². The Kier molecular flexibility index (Phi) is 8.31. The Morgan fingerprint density at radius 3 is 2.29 bits per heavy atom. The van der Waals surface area contributed by atoms with E-state index in [0.717, 1.165) is 11.1 Å². The van der Waals surface area contributed by atoms with Crippen LogP contribution in [0.25, 0.3) is 5.76 Å². The Morgan fingerprint density at radius 2 is 1.67 bits per heavy atom. The van der Waals surface area contributed by atoms with Gasteiger partial charge >= 0.3 is 5.97 Å². The lowest BCUT2D eigenvalue weighted by Gasteiger charge is -2.43. The van der Waals surface area contributed by atoms with Crippen LogP contribution in [0.4, 0.5) is 0 Å². The molecule has 1 heterocycles. The summed E-state index contributed by atoms with van der Waals surface area (Å²) in [7, 11) is 0. The van der Waals surface area contributed by atoms with E-state index < -0.39 is 11.6 Å². The van der Waals surface area contributed by atoms with E-state index in [2.05, 4.69) is 9.97 Å². The minimum atomic E-state index is -1.21. The predicted molar refractivity (Wildman–Crippen MR) is 161 cm³/mol. The number of halogens is 2. The van der Waals surface area contributed by atoms with Crippen LogP contribution in [0.15, 0.2) is 84.7 Å². The number of rotatable bonds is 9. The summed E-state index contributed by atoms with van der Waals surface area (Å²) in [5.41, 5.74) is 1.87. The first kappa shape index (κ1) is 29.3. The standard InChI is InChI=1S/C32H27Cl2N3O5/c1-18-10-20(12-21(11-18)31(39)40)22-13-32(41,14-22)26-15-37-27(16-36-26)42-17-23(30(38)19-6-3-2-4-7-19)29(35)28-24(33)8-5-9-25(28)34/h2-12,15-16,22,35,38,41H,13-14,17H2,1H3,(H,39,40)/b30-23-,35-29?. The first-order valence-electron chi connectivity index (χ1n) is 13.1. The minimum Gasteiger partial charge on any atom is -0.507 e. The molecule has 1 saturated carbocycles. The number of aliphatic hydroxyl groups is 2. The molecule has 5 rings (SSSR count). The van der Waals surface area contributed by atoms with Gasteiger partial charge < -0.3 is 20.1 Å². The molecule has 42 heavy (non-hydrogen) atoms. The summed E-state index contributed by atoms with van der Waals surface area (Å²) < 4.78 is 5.84. The molecule has 214 valence electrons. The summed E-state index contributed by atoms with van der Waals surface area (Å²) in [5.74, 6) is -1.05. The van der Waals surface area contributed by atoms with E-state index in [1.807, 2.05) is 19.1 Å². The highest BCUT2D eigenvalue weighted by Crippen LogP contribution is 2.50. The molecule has 0 unspecified atom stereocenters. The third-order valence-corrected chi connectivity index (χ3v) is 7.93. The lowest BCUT2D eigenvalue weighted by molar-refractivity contribution is -0.0590. The van der Waals surface area contributed by atoms with Crippen molar-refractivity contribution in [2.24, 2.45) is 0 Å². The van der Waals surface area contributed by atoms with Gasteiger partial charge in [0, 0.05) is 11.1 Å². The van der Waals surface area contributed by atoms with Crippen LogP contribution in [0, 0.1) is 12.3 Å².